The van der Waals surface area contributed by atoms with E-state index in [1.807, 2.05) is 39.0 Å². The van der Waals surface area contributed by atoms with E-state index < -0.39 is 0 Å². The molecular weight excluding hydrogens is 372 g/mol. The lowest BCUT2D eigenvalue weighted by atomic mass is 10.1. The first-order valence-corrected chi connectivity index (χ1v) is 9.80. The van der Waals surface area contributed by atoms with Gasteiger partial charge in [0.1, 0.15) is 24.0 Å². The van der Waals surface area contributed by atoms with Crippen LogP contribution < -0.4 is 14.8 Å². The van der Waals surface area contributed by atoms with Crippen molar-refractivity contribution in [2.75, 3.05) is 25.5 Å². The number of likely N-dealkylation sites (tertiary alicyclic amines) is 1. The van der Waals surface area contributed by atoms with E-state index in [2.05, 4.69) is 15.3 Å². The number of aryl methyl sites for hydroxylation is 1. The first-order valence-electron chi connectivity index (χ1n) is 9.80. The first kappa shape index (κ1) is 20.7. The van der Waals surface area contributed by atoms with Crippen molar-refractivity contribution in [2.45, 2.75) is 45.8 Å². The lowest BCUT2D eigenvalue weighted by Crippen LogP contribution is -2.42. The van der Waals surface area contributed by atoms with Gasteiger partial charge < -0.3 is 24.4 Å². The Kier molecular flexibility index (Phi) is 6.74. The number of ether oxygens (including phenoxy) is 3. The number of carbonyl (C=O) groups is 1. The maximum Gasteiger partial charge on any atom is 0.410 e. The van der Waals surface area contributed by atoms with Crippen LogP contribution in [0.4, 0.5) is 16.3 Å². The fourth-order valence-electron chi connectivity index (χ4n) is 3.12. The molecule has 0 unspecified atom stereocenters. The lowest BCUT2D eigenvalue weighted by Gasteiger charge is -2.31. The second-order valence-corrected chi connectivity index (χ2v) is 7.28. The summed E-state index contributed by atoms with van der Waals surface area (Å²) in [5.41, 5.74) is 1.98. The zero-order chi connectivity index (χ0) is 20.8. The molecule has 1 aliphatic rings. The Morgan fingerprint density at radius 2 is 1.97 bits per heavy atom. The molecule has 1 aliphatic heterocycles. The molecule has 2 aromatic rings. The van der Waals surface area contributed by atoms with Gasteiger partial charge >= 0.3 is 6.09 Å². The summed E-state index contributed by atoms with van der Waals surface area (Å²) in [7, 11) is 1.65. The normalized spacial score (nSPS) is 14.6. The molecule has 0 spiro atoms. The molecule has 1 saturated heterocycles. The summed E-state index contributed by atoms with van der Waals surface area (Å²) < 4.78 is 16.5. The van der Waals surface area contributed by atoms with Crippen LogP contribution in [0.1, 0.15) is 32.3 Å². The number of methoxy groups -OCH3 is 1. The van der Waals surface area contributed by atoms with Crippen LogP contribution in [0.25, 0.3) is 0 Å². The number of hydrogen-bond donors (Lipinski definition) is 1. The Morgan fingerprint density at radius 3 is 2.62 bits per heavy atom. The van der Waals surface area contributed by atoms with E-state index in [0.29, 0.717) is 24.8 Å². The molecule has 0 radical (unpaired) electrons. The second kappa shape index (κ2) is 9.45. The SMILES string of the molecule is COc1ccc(Nc2cc(OC3CCN(C(=O)OC(C)C)CC3)ncn2)c(C)c1. The van der Waals surface area contributed by atoms with Gasteiger partial charge in [-0.15, -0.1) is 0 Å². The summed E-state index contributed by atoms with van der Waals surface area (Å²) in [5.74, 6) is 1.97. The molecule has 8 nitrogen and oxygen atoms in total. The number of hydrogen-bond acceptors (Lipinski definition) is 7. The Labute approximate surface area is 171 Å². The number of amides is 1. The molecule has 0 atom stereocenters. The zero-order valence-corrected chi connectivity index (χ0v) is 17.3. The Balaban J connectivity index is 1.56. The fourth-order valence-corrected chi connectivity index (χ4v) is 3.12. The number of carbonyl (C=O) groups excluding carboxylic acids is 1. The molecule has 29 heavy (non-hydrogen) atoms. The molecule has 1 fully saturated rings. The number of nitrogens with one attached hydrogen (secondary N) is 1. The van der Waals surface area contributed by atoms with Crippen molar-refractivity contribution in [2.24, 2.45) is 0 Å². The van der Waals surface area contributed by atoms with E-state index in [1.54, 1.807) is 18.1 Å². The molecule has 1 N–H and O–H groups in total. The van der Waals surface area contributed by atoms with Crippen molar-refractivity contribution in [1.29, 1.82) is 0 Å². The average molecular weight is 400 g/mol. The van der Waals surface area contributed by atoms with E-state index in [9.17, 15) is 4.79 Å². The van der Waals surface area contributed by atoms with Crippen LogP contribution in [0.15, 0.2) is 30.6 Å². The van der Waals surface area contributed by atoms with Crippen molar-refractivity contribution in [3.05, 3.63) is 36.2 Å². The number of nitrogens with zero attached hydrogens (tertiary/aromatic N) is 3. The molecular formula is C21H28N4O4. The van der Waals surface area contributed by atoms with Gasteiger partial charge in [-0.3, -0.25) is 0 Å². The molecule has 0 bridgehead atoms. The van der Waals surface area contributed by atoms with Crippen molar-refractivity contribution in [3.8, 4) is 11.6 Å². The summed E-state index contributed by atoms with van der Waals surface area (Å²) in [6.07, 6.45) is 2.57. The molecule has 0 aliphatic carbocycles. The summed E-state index contributed by atoms with van der Waals surface area (Å²) in [5, 5.41) is 3.29. The molecule has 8 heteroatoms. The van der Waals surface area contributed by atoms with E-state index in [0.717, 1.165) is 29.8 Å². The van der Waals surface area contributed by atoms with Gasteiger partial charge in [0, 0.05) is 37.7 Å². The standard InChI is InChI=1S/C21H28N4O4/c1-14(2)28-21(26)25-9-7-16(8-10-25)29-20-12-19(22-13-23-20)24-18-6-5-17(27-4)11-15(18)3/h5-6,11-14,16H,7-10H2,1-4H3,(H,22,23,24). The van der Waals surface area contributed by atoms with Crippen molar-refractivity contribution >= 4 is 17.6 Å². The third-order valence-corrected chi connectivity index (χ3v) is 4.66. The monoisotopic (exact) mass is 400 g/mol. The smallest absolute Gasteiger partial charge is 0.410 e. The highest BCUT2D eigenvalue weighted by Crippen LogP contribution is 2.25. The highest BCUT2D eigenvalue weighted by Gasteiger charge is 2.25. The van der Waals surface area contributed by atoms with Crippen LogP contribution in [0.2, 0.25) is 0 Å². The van der Waals surface area contributed by atoms with Crippen LogP contribution in [0.3, 0.4) is 0 Å². The minimum absolute atomic E-state index is 0.00331. The molecule has 3 rings (SSSR count). The van der Waals surface area contributed by atoms with Crippen LogP contribution in [-0.4, -0.2) is 53.4 Å². The van der Waals surface area contributed by atoms with E-state index in [1.165, 1.54) is 6.33 Å². The molecule has 156 valence electrons. The van der Waals surface area contributed by atoms with Gasteiger partial charge in [0.25, 0.3) is 0 Å². The van der Waals surface area contributed by atoms with E-state index in [-0.39, 0.29) is 18.3 Å². The van der Waals surface area contributed by atoms with Gasteiger partial charge in [-0.2, -0.15) is 0 Å². The molecule has 1 aromatic heterocycles. The summed E-state index contributed by atoms with van der Waals surface area (Å²) in [6, 6.07) is 7.58. The second-order valence-electron chi connectivity index (χ2n) is 7.28. The lowest BCUT2D eigenvalue weighted by molar-refractivity contribution is 0.0507. The van der Waals surface area contributed by atoms with Crippen LogP contribution in [0.5, 0.6) is 11.6 Å². The third-order valence-electron chi connectivity index (χ3n) is 4.66. The van der Waals surface area contributed by atoms with Crippen LogP contribution in [-0.2, 0) is 4.74 Å². The highest BCUT2D eigenvalue weighted by molar-refractivity contribution is 5.67. The van der Waals surface area contributed by atoms with Crippen molar-refractivity contribution in [1.82, 2.24) is 14.9 Å². The highest BCUT2D eigenvalue weighted by atomic mass is 16.6. The van der Waals surface area contributed by atoms with Crippen LogP contribution >= 0.6 is 0 Å². The predicted octanol–water partition coefficient (Wildman–Crippen LogP) is 3.93. The molecule has 1 aromatic carbocycles. The van der Waals surface area contributed by atoms with Gasteiger partial charge in [0.2, 0.25) is 5.88 Å². The summed E-state index contributed by atoms with van der Waals surface area (Å²) in [6.45, 7) is 6.92. The third kappa shape index (κ3) is 5.73. The minimum atomic E-state index is -0.262. The zero-order valence-electron chi connectivity index (χ0n) is 17.3. The average Bonchev–Trinajstić information content (AvgIpc) is 2.70. The minimum Gasteiger partial charge on any atom is -0.497 e. The Morgan fingerprint density at radius 1 is 1.21 bits per heavy atom. The van der Waals surface area contributed by atoms with Gasteiger partial charge in [-0.1, -0.05) is 0 Å². The number of rotatable bonds is 6. The summed E-state index contributed by atoms with van der Waals surface area (Å²) >= 11 is 0. The van der Waals surface area contributed by atoms with Crippen molar-refractivity contribution in [3.63, 3.8) is 0 Å². The molecule has 2 heterocycles. The van der Waals surface area contributed by atoms with Crippen LogP contribution in [0, 0.1) is 6.92 Å². The van der Waals surface area contributed by atoms with Crippen molar-refractivity contribution < 1.29 is 19.0 Å². The Hall–Kier alpha value is -3.03. The number of benzene rings is 1. The van der Waals surface area contributed by atoms with Gasteiger partial charge in [0.15, 0.2) is 0 Å². The molecule has 0 saturated carbocycles. The Bertz CT molecular complexity index is 835. The van der Waals surface area contributed by atoms with Gasteiger partial charge in [-0.25, -0.2) is 14.8 Å². The first-order chi connectivity index (χ1) is 13.9. The molecule has 1 amide bonds. The maximum absolute atomic E-state index is 12.0. The summed E-state index contributed by atoms with van der Waals surface area (Å²) in [4.78, 5) is 22.2. The number of aromatic nitrogens is 2. The van der Waals surface area contributed by atoms with E-state index in [4.69, 9.17) is 14.2 Å². The largest absolute Gasteiger partial charge is 0.497 e. The fraction of sp³-hybridized carbons (Fsp3) is 0.476. The quantitative estimate of drug-likeness (QED) is 0.786. The maximum atomic E-state index is 12.0. The van der Waals surface area contributed by atoms with Gasteiger partial charge in [-0.05, 0) is 44.5 Å². The topological polar surface area (TPSA) is 85.8 Å². The van der Waals surface area contributed by atoms with Gasteiger partial charge in [0.05, 0.1) is 13.2 Å². The number of anilines is 2. The predicted molar refractivity (Wildman–Crippen MR) is 110 cm³/mol. The van der Waals surface area contributed by atoms with E-state index >= 15 is 0 Å². The number of piperidine rings is 1.